The van der Waals surface area contributed by atoms with E-state index in [1.54, 1.807) is 13.8 Å². The fourth-order valence-electron chi connectivity index (χ4n) is 4.25. The summed E-state index contributed by atoms with van der Waals surface area (Å²) in [5.74, 6) is 0.910. The molecule has 3 aromatic heterocycles. The molecule has 1 spiro atoms. The number of hydrogen-bond acceptors (Lipinski definition) is 5. The Morgan fingerprint density at radius 3 is 2.74 bits per heavy atom. The molecule has 2 fully saturated rings. The summed E-state index contributed by atoms with van der Waals surface area (Å²) in [5.41, 5.74) is 3.13. The molecule has 4 heterocycles. The molecule has 27 heavy (non-hydrogen) atoms. The summed E-state index contributed by atoms with van der Waals surface area (Å²) in [6.07, 6.45) is 6.22. The second-order valence-corrected chi connectivity index (χ2v) is 8.61. The molecular formula is C21H25N5O. The third kappa shape index (κ3) is 2.89. The number of fused-ring (bicyclic) bond motifs is 1. The Bertz CT molecular complexity index is 991. The van der Waals surface area contributed by atoms with Crippen molar-refractivity contribution in [1.82, 2.24) is 19.7 Å². The molecule has 0 unspecified atom stereocenters. The first kappa shape index (κ1) is 16.7. The molecule has 3 N–H and O–H groups in total. The molecule has 1 saturated heterocycles. The number of anilines is 1. The Morgan fingerprint density at radius 1 is 1.22 bits per heavy atom. The number of rotatable bonds is 4. The van der Waals surface area contributed by atoms with Crippen LogP contribution in [0, 0.1) is 5.41 Å². The molecule has 2 aliphatic rings. The number of imidazole rings is 1. The molecule has 5 rings (SSSR count). The van der Waals surface area contributed by atoms with Crippen LogP contribution in [0.3, 0.4) is 0 Å². The van der Waals surface area contributed by atoms with E-state index in [0.717, 1.165) is 41.5 Å². The molecule has 0 amide bonds. The van der Waals surface area contributed by atoms with Gasteiger partial charge in [0.25, 0.3) is 0 Å². The monoisotopic (exact) mass is 363 g/mol. The van der Waals surface area contributed by atoms with Crippen LogP contribution in [-0.2, 0) is 5.60 Å². The summed E-state index contributed by atoms with van der Waals surface area (Å²) >= 11 is 0. The topological polar surface area (TPSA) is 74.5 Å². The summed E-state index contributed by atoms with van der Waals surface area (Å²) in [7, 11) is 0. The Kier molecular flexibility index (Phi) is 3.58. The van der Waals surface area contributed by atoms with E-state index in [1.807, 2.05) is 47.1 Å². The van der Waals surface area contributed by atoms with Crippen molar-refractivity contribution in [3.05, 3.63) is 48.3 Å². The average molecular weight is 363 g/mol. The Morgan fingerprint density at radius 2 is 2.04 bits per heavy atom. The van der Waals surface area contributed by atoms with Crippen molar-refractivity contribution in [2.45, 2.75) is 38.3 Å². The zero-order valence-electron chi connectivity index (χ0n) is 15.7. The lowest BCUT2D eigenvalue weighted by molar-refractivity contribution is 0.0469. The quantitative estimate of drug-likeness (QED) is 0.665. The normalized spacial score (nSPS) is 19.1. The minimum atomic E-state index is -0.900. The molecule has 0 bridgehead atoms. The van der Waals surface area contributed by atoms with Gasteiger partial charge in [0.1, 0.15) is 11.5 Å². The predicted molar refractivity (Wildman–Crippen MR) is 106 cm³/mol. The number of aliphatic hydroxyl groups is 1. The van der Waals surface area contributed by atoms with Gasteiger partial charge in [-0.05, 0) is 55.9 Å². The number of nitrogens with zero attached hydrogens (tertiary/aromatic N) is 3. The van der Waals surface area contributed by atoms with Crippen LogP contribution in [0.5, 0.6) is 0 Å². The fourth-order valence-corrected chi connectivity index (χ4v) is 4.25. The predicted octanol–water partition coefficient (Wildman–Crippen LogP) is 2.79. The lowest BCUT2D eigenvalue weighted by Crippen LogP contribution is -2.63. The maximum Gasteiger partial charge on any atom is 0.137 e. The molecule has 1 saturated carbocycles. The van der Waals surface area contributed by atoms with Gasteiger partial charge >= 0.3 is 0 Å². The lowest BCUT2D eigenvalue weighted by atomic mass is 9.62. The van der Waals surface area contributed by atoms with Gasteiger partial charge in [0.05, 0.1) is 23.2 Å². The third-order valence-electron chi connectivity index (χ3n) is 5.93. The summed E-state index contributed by atoms with van der Waals surface area (Å²) in [6.45, 7) is 5.89. The first-order chi connectivity index (χ1) is 12.9. The van der Waals surface area contributed by atoms with Crippen LogP contribution in [0.15, 0.2) is 42.7 Å². The number of hydrogen-bond donors (Lipinski definition) is 3. The molecule has 0 aromatic carbocycles. The maximum absolute atomic E-state index is 10.3. The van der Waals surface area contributed by atoms with E-state index < -0.39 is 5.60 Å². The van der Waals surface area contributed by atoms with Crippen molar-refractivity contribution in [3.63, 3.8) is 0 Å². The number of nitrogens with one attached hydrogen (secondary N) is 2. The third-order valence-corrected chi connectivity index (χ3v) is 5.93. The van der Waals surface area contributed by atoms with Gasteiger partial charge in [0, 0.05) is 25.3 Å². The number of pyridine rings is 2. The molecule has 1 aliphatic carbocycles. The van der Waals surface area contributed by atoms with Gasteiger partial charge in [0.2, 0.25) is 0 Å². The Hall–Kier alpha value is -2.44. The lowest BCUT2D eigenvalue weighted by Gasteiger charge is -2.54. The van der Waals surface area contributed by atoms with Crippen LogP contribution < -0.4 is 10.6 Å². The van der Waals surface area contributed by atoms with Crippen LogP contribution in [0.2, 0.25) is 0 Å². The van der Waals surface area contributed by atoms with Crippen LogP contribution in [0.4, 0.5) is 5.82 Å². The minimum Gasteiger partial charge on any atom is -0.386 e. The highest BCUT2D eigenvalue weighted by Gasteiger charge is 2.48. The van der Waals surface area contributed by atoms with Gasteiger partial charge in [-0.3, -0.25) is 4.40 Å². The van der Waals surface area contributed by atoms with Gasteiger partial charge in [0.15, 0.2) is 0 Å². The van der Waals surface area contributed by atoms with E-state index in [4.69, 9.17) is 4.98 Å². The molecule has 140 valence electrons. The Balaban J connectivity index is 1.43. The zero-order valence-corrected chi connectivity index (χ0v) is 15.7. The largest absolute Gasteiger partial charge is 0.386 e. The van der Waals surface area contributed by atoms with E-state index in [9.17, 15) is 5.11 Å². The summed E-state index contributed by atoms with van der Waals surface area (Å²) in [6, 6.07) is 10.4. The second kappa shape index (κ2) is 5.78. The molecule has 0 radical (unpaired) electrons. The smallest absolute Gasteiger partial charge is 0.137 e. The highest BCUT2D eigenvalue weighted by molar-refractivity contribution is 5.62. The van der Waals surface area contributed by atoms with Gasteiger partial charge in [-0.2, -0.15) is 0 Å². The highest BCUT2D eigenvalue weighted by atomic mass is 16.3. The van der Waals surface area contributed by atoms with E-state index in [0.29, 0.717) is 11.5 Å². The molecular weight excluding hydrogens is 338 g/mol. The molecule has 6 nitrogen and oxygen atoms in total. The van der Waals surface area contributed by atoms with Gasteiger partial charge in [-0.1, -0.05) is 12.1 Å². The first-order valence-electron chi connectivity index (χ1n) is 9.57. The molecule has 0 atom stereocenters. The van der Waals surface area contributed by atoms with Gasteiger partial charge in [-0.25, -0.2) is 9.97 Å². The van der Waals surface area contributed by atoms with Gasteiger partial charge < -0.3 is 15.7 Å². The summed E-state index contributed by atoms with van der Waals surface area (Å²) in [5, 5.41) is 17.3. The van der Waals surface area contributed by atoms with Gasteiger partial charge in [-0.15, -0.1) is 0 Å². The minimum absolute atomic E-state index is 0.513. The second-order valence-electron chi connectivity index (χ2n) is 8.61. The number of aromatic nitrogens is 3. The van der Waals surface area contributed by atoms with Crippen molar-refractivity contribution >= 4 is 11.5 Å². The molecule has 3 aromatic rings. The van der Waals surface area contributed by atoms with Crippen molar-refractivity contribution in [1.29, 1.82) is 0 Å². The van der Waals surface area contributed by atoms with E-state index in [2.05, 4.69) is 15.6 Å². The Labute approximate surface area is 158 Å². The fraction of sp³-hybridized carbons (Fsp3) is 0.429. The highest BCUT2D eigenvalue weighted by Crippen LogP contribution is 2.45. The van der Waals surface area contributed by atoms with E-state index >= 15 is 0 Å². The van der Waals surface area contributed by atoms with Crippen LogP contribution in [0.1, 0.15) is 32.3 Å². The van der Waals surface area contributed by atoms with Crippen molar-refractivity contribution in [2.24, 2.45) is 5.41 Å². The van der Waals surface area contributed by atoms with Crippen molar-refractivity contribution in [3.8, 4) is 11.4 Å². The van der Waals surface area contributed by atoms with E-state index in [-0.39, 0.29) is 0 Å². The summed E-state index contributed by atoms with van der Waals surface area (Å²) < 4.78 is 2.00. The first-order valence-corrected chi connectivity index (χ1v) is 9.57. The summed E-state index contributed by atoms with van der Waals surface area (Å²) in [4.78, 5) is 9.31. The SMILES string of the molecule is CC(C)(O)c1ccc2ncc(-c3cccc(NC4CC5(CNC5)C4)n3)n2c1. The van der Waals surface area contributed by atoms with Crippen LogP contribution in [0.25, 0.3) is 17.0 Å². The van der Waals surface area contributed by atoms with Crippen molar-refractivity contribution < 1.29 is 5.11 Å². The van der Waals surface area contributed by atoms with Crippen LogP contribution in [-0.4, -0.2) is 38.6 Å². The molecule has 1 aliphatic heterocycles. The maximum atomic E-state index is 10.3. The van der Waals surface area contributed by atoms with E-state index in [1.165, 1.54) is 12.8 Å². The average Bonchev–Trinajstić information content (AvgIpc) is 2.98. The zero-order chi connectivity index (χ0) is 18.6. The molecule has 6 heteroatoms. The standard InChI is InChI=1S/C21H25N5O/c1-20(2,27)14-6-7-19-23-10-17(26(19)11-14)16-4-3-5-18(25-16)24-15-8-21(9-15)12-22-13-21/h3-7,10-11,15,22,27H,8-9,12-13H2,1-2H3,(H,24,25). The van der Waals surface area contributed by atoms with Crippen LogP contribution >= 0.6 is 0 Å². The van der Waals surface area contributed by atoms with Crippen molar-refractivity contribution in [2.75, 3.05) is 18.4 Å².